The standard InChI is InChI=1S/C17H19NO2S/c18-12-17(13-5-2-1-3-6-13)21-14-7-8-15-16(11-14)20-10-4-9-19-15/h1-3,5-8,11,17H,4,9-10,12,18H2. The molecule has 3 rings (SSSR count). The van der Waals surface area contributed by atoms with Crippen molar-refractivity contribution in [2.75, 3.05) is 19.8 Å². The minimum atomic E-state index is 0.246. The molecule has 21 heavy (non-hydrogen) atoms. The quantitative estimate of drug-likeness (QED) is 0.876. The van der Waals surface area contributed by atoms with Gasteiger partial charge in [0, 0.05) is 23.1 Å². The van der Waals surface area contributed by atoms with Gasteiger partial charge < -0.3 is 15.2 Å². The summed E-state index contributed by atoms with van der Waals surface area (Å²) in [5.74, 6) is 1.67. The molecule has 0 fully saturated rings. The van der Waals surface area contributed by atoms with Gasteiger partial charge in [-0.05, 0) is 23.8 Å². The van der Waals surface area contributed by atoms with Crippen LogP contribution in [0.3, 0.4) is 0 Å². The molecule has 0 radical (unpaired) electrons. The molecule has 4 heteroatoms. The summed E-state index contributed by atoms with van der Waals surface area (Å²) in [6.07, 6.45) is 0.923. The van der Waals surface area contributed by atoms with E-state index >= 15 is 0 Å². The predicted octanol–water partition coefficient (Wildman–Crippen LogP) is 3.64. The zero-order valence-corrected chi connectivity index (χ0v) is 12.6. The number of rotatable bonds is 4. The highest BCUT2D eigenvalue weighted by molar-refractivity contribution is 7.99. The van der Waals surface area contributed by atoms with Crippen molar-refractivity contribution in [1.82, 2.24) is 0 Å². The molecule has 0 bridgehead atoms. The average Bonchev–Trinajstić information content (AvgIpc) is 2.78. The van der Waals surface area contributed by atoms with Crippen molar-refractivity contribution in [1.29, 1.82) is 0 Å². The van der Waals surface area contributed by atoms with Crippen molar-refractivity contribution in [2.45, 2.75) is 16.6 Å². The Labute approximate surface area is 129 Å². The van der Waals surface area contributed by atoms with Gasteiger partial charge in [-0.3, -0.25) is 0 Å². The lowest BCUT2D eigenvalue weighted by Gasteiger charge is -2.16. The van der Waals surface area contributed by atoms with Crippen LogP contribution in [-0.2, 0) is 0 Å². The van der Waals surface area contributed by atoms with Crippen LogP contribution < -0.4 is 15.2 Å². The van der Waals surface area contributed by atoms with Crippen LogP contribution in [-0.4, -0.2) is 19.8 Å². The van der Waals surface area contributed by atoms with Gasteiger partial charge in [-0.15, -0.1) is 11.8 Å². The molecule has 0 spiro atoms. The number of hydrogen-bond acceptors (Lipinski definition) is 4. The Morgan fingerprint density at radius 3 is 2.52 bits per heavy atom. The van der Waals surface area contributed by atoms with Gasteiger partial charge in [0.15, 0.2) is 11.5 Å². The summed E-state index contributed by atoms with van der Waals surface area (Å²) < 4.78 is 11.4. The monoisotopic (exact) mass is 301 g/mol. The minimum Gasteiger partial charge on any atom is -0.490 e. The summed E-state index contributed by atoms with van der Waals surface area (Å²) in [5.41, 5.74) is 7.19. The summed E-state index contributed by atoms with van der Waals surface area (Å²) in [5, 5.41) is 0.246. The third kappa shape index (κ3) is 3.52. The summed E-state index contributed by atoms with van der Waals surface area (Å²) in [6.45, 7) is 2.03. The molecule has 1 atom stereocenters. The normalized spacial score (nSPS) is 15.3. The van der Waals surface area contributed by atoms with Gasteiger partial charge in [0.1, 0.15) is 0 Å². The number of fused-ring (bicyclic) bond motifs is 1. The van der Waals surface area contributed by atoms with Crippen LogP contribution >= 0.6 is 11.8 Å². The van der Waals surface area contributed by atoms with Gasteiger partial charge in [0.2, 0.25) is 0 Å². The van der Waals surface area contributed by atoms with Crippen molar-refractivity contribution in [3.05, 3.63) is 54.1 Å². The zero-order valence-electron chi connectivity index (χ0n) is 11.8. The van der Waals surface area contributed by atoms with Crippen LogP contribution in [0.5, 0.6) is 11.5 Å². The summed E-state index contributed by atoms with van der Waals surface area (Å²) >= 11 is 1.76. The molecule has 0 saturated heterocycles. The minimum absolute atomic E-state index is 0.246. The maximum atomic E-state index is 5.94. The molecule has 0 saturated carbocycles. The van der Waals surface area contributed by atoms with E-state index in [9.17, 15) is 0 Å². The maximum Gasteiger partial charge on any atom is 0.162 e. The van der Waals surface area contributed by atoms with Gasteiger partial charge in [-0.1, -0.05) is 30.3 Å². The Morgan fingerprint density at radius 2 is 1.76 bits per heavy atom. The zero-order chi connectivity index (χ0) is 14.5. The molecule has 2 aromatic carbocycles. The van der Waals surface area contributed by atoms with E-state index in [2.05, 4.69) is 24.3 Å². The lowest BCUT2D eigenvalue weighted by atomic mass is 10.1. The lowest BCUT2D eigenvalue weighted by molar-refractivity contribution is 0.297. The van der Waals surface area contributed by atoms with E-state index in [-0.39, 0.29) is 5.25 Å². The van der Waals surface area contributed by atoms with Crippen LogP contribution in [0.25, 0.3) is 0 Å². The van der Waals surface area contributed by atoms with Gasteiger partial charge >= 0.3 is 0 Å². The van der Waals surface area contributed by atoms with E-state index < -0.39 is 0 Å². The fourth-order valence-electron chi connectivity index (χ4n) is 2.30. The van der Waals surface area contributed by atoms with Crippen LogP contribution in [0.15, 0.2) is 53.4 Å². The van der Waals surface area contributed by atoms with Crippen LogP contribution in [0.4, 0.5) is 0 Å². The van der Waals surface area contributed by atoms with Crippen LogP contribution in [0, 0.1) is 0 Å². The Balaban J connectivity index is 1.79. The van der Waals surface area contributed by atoms with Gasteiger partial charge in [-0.25, -0.2) is 0 Å². The Morgan fingerprint density at radius 1 is 1.00 bits per heavy atom. The summed E-state index contributed by atoms with van der Waals surface area (Å²) in [6, 6.07) is 16.5. The maximum absolute atomic E-state index is 5.94. The van der Waals surface area contributed by atoms with E-state index in [1.165, 1.54) is 5.56 Å². The van der Waals surface area contributed by atoms with Gasteiger partial charge in [-0.2, -0.15) is 0 Å². The SMILES string of the molecule is NCC(Sc1ccc2c(c1)OCCCO2)c1ccccc1. The third-order valence-corrected chi connectivity index (χ3v) is 4.66. The number of ether oxygens (including phenoxy) is 2. The summed E-state index contributed by atoms with van der Waals surface area (Å²) in [4.78, 5) is 1.15. The first-order valence-corrected chi connectivity index (χ1v) is 8.06. The fourth-order valence-corrected chi connectivity index (χ4v) is 3.34. The Hall–Kier alpha value is -1.65. The molecular formula is C17H19NO2S. The second-order valence-electron chi connectivity index (χ2n) is 4.91. The fraction of sp³-hybridized carbons (Fsp3) is 0.294. The van der Waals surface area contributed by atoms with E-state index in [4.69, 9.17) is 15.2 Å². The van der Waals surface area contributed by atoms with Crippen LogP contribution in [0.1, 0.15) is 17.2 Å². The molecule has 0 amide bonds. The van der Waals surface area contributed by atoms with E-state index in [1.54, 1.807) is 11.8 Å². The predicted molar refractivity (Wildman–Crippen MR) is 86.1 cm³/mol. The van der Waals surface area contributed by atoms with E-state index in [0.29, 0.717) is 13.2 Å². The first-order valence-electron chi connectivity index (χ1n) is 7.18. The van der Waals surface area contributed by atoms with Crippen LogP contribution in [0.2, 0.25) is 0 Å². The highest BCUT2D eigenvalue weighted by Gasteiger charge is 2.15. The van der Waals surface area contributed by atoms with Crippen molar-refractivity contribution in [3.8, 4) is 11.5 Å². The lowest BCUT2D eigenvalue weighted by Crippen LogP contribution is -2.09. The van der Waals surface area contributed by atoms with E-state index in [0.717, 1.165) is 29.4 Å². The van der Waals surface area contributed by atoms with Crippen molar-refractivity contribution in [2.24, 2.45) is 5.73 Å². The van der Waals surface area contributed by atoms with Crippen molar-refractivity contribution in [3.63, 3.8) is 0 Å². The highest BCUT2D eigenvalue weighted by Crippen LogP contribution is 2.39. The first kappa shape index (κ1) is 14.3. The number of nitrogens with two attached hydrogens (primary N) is 1. The molecule has 0 aliphatic carbocycles. The summed E-state index contributed by atoms with van der Waals surface area (Å²) in [7, 11) is 0. The third-order valence-electron chi connectivity index (χ3n) is 3.38. The molecule has 2 N–H and O–H groups in total. The van der Waals surface area contributed by atoms with Gasteiger partial charge in [0.25, 0.3) is 0 Å². The molecule has 2 aromatic rings. The number of hydrogen-bond donors (Lipinski definition) is 1. The molecule has 1 aliphatic heterocycles. The molecule has 0 aromatic heterocycles. The largest absolute Gasteiger partial charge is 0.490 e. The Bertz CT molecular complexity index is 589. The number of thioether (sulfide) groups is 1. The Kier molecular flexibility index (Phi) is 4.68. The topological polar surface area (TPSA) is 44.5 Å². The second kappa shape index (κ2) is 6.87. The molecular weight excluding hydrogens is 282 g/mol. The van der Waals surface area contributed by atoms with Crippen molar-refractivity contribution >= 4 is 11.8 Å². The molecule has 1 unspecified atom stereocenters. The number of benzene rings is 2. The van der Waals surface area contributed by atoms with Gasteiger partial charge in [0.05, 0.1) is 13.2 Å². The molecule has 110 valence electrons. The first-order chi connectivity index (χ1) is 10.4. The molecule has 1 aliphatic rings. The van der Waals surface area contributed by atoms with Crippen molar-refractivity contribution < 1.29 is 9.47 Å². The average molecular weight is 301 g/mol. The smallest absolute Gasteiger partial charge is 0.162 e. The second-order valence-corrected chi connectivity index (χ2v) is 6.19. The molecule has 3 nitrogen and oxygen atoms in total. The van der Waals surface area contributed by atoms with E-state index in [1.807, 2.05) is 24.3 Å². The molecule has 1 heterocycles. The highest BCUT2D eigenvalue weighted by atomic mass is 32.2.